The van der Waals surface area contributed by atoms with Crippen molar-refractivity contribution in [3.05, 3.63) is 11.1 Å². The molecule has 1 saturated carbocycles. The lowest BCUT2D eigenvalue weighted by Gasteiger charge is -2.20. The van der Waals surface area contributed by atoms with E-state index in [0.717, 1.165) is 38.0 Å². The Balaban J connectivity index is 1.83. The summed E-state index contributed by atoms with van der Waals surface area (Å²) in [5, 5.41) is 6.70. The van der Waals surface area contributed by atoms with Crippen LogP contribution in [0.1, 0.15) is 31.9 Å². The molecule has 1 aliphatic carbocycles. The number of nitrogens with zero attached hydrogens (tertiary/aromatic N) is 2. The molecule has 1 aromatic heterocycles. The minimum atomic E-state index is 0.751. The lowest BCUT2D eigenvalue weighted by Crippen LogP contribution is -2.26. The van der Waals surface area contributed by atoms with Gasteiger partial charge in [-0.05, 0) is 19.3 Å². The standard InChI is InChI=1S/C13H23N3OS/c1-3-7-16(12-4-5-12)13-15-11(10-18-13)9-14-6-8-17-2/h10,12,14H,3-9H2,1-2H3. The molecule has 0 spiro atoms. The molecular weight excluding hydrogens is 246 g/mol. The Kier molecular flexibility index (Phi) is 5.41. The fraction of sp³-hybridized carbons (Fsp3) is 0.769. The Morgan fingerprint density at radius 2 is 2.39 bits per heavy atom. The average Bonchev–Trinajstić information content (AvgIpc) is 3.11. The van der Waals surface area contributed by atoms with Gasteiger partial charge in [0.2, 0.25) is 0 Å². The first-order chi connectivity index (χ1) is 8.85. The zero-order valence-electron chi connectivity index (χ0n) is 11.3. The molecule has 1 heterocycles. The second-order valence-electron chi connectivity index (χ2n) is 4.72. The molecular formula is C13H23N3OS. The molecule has 102 valence electrons. The van der Waals surface area contributed by atoms with Gasteiger partial charge in [0.05, 0.1) is 12.3 Å². The van der Waals surface area contributed by atoms with Crippen molar-refractivity contribution in [1.29, 1.82) is 0 Å². The molecule has 2 rings (SSSR count). The van der Waals surface area contributed by atoms with E-state index in [1.807, 2.05) is 0 Å². The van der Waals surface area contributed by atoms with Crippen molar-refractivity contribution in [2.75, 3.05) is 31.7 Å². The van der Waals surface area contributed by atoms with E-state index in [-0.39, 0.29) is 0 Å². The highest BCUT2D eigenvalue weighted by molar-refractivity contribution is 7.13. The molecule has 0 radical (unpaired) electrons. The second kappa shape index (κ2) is 7.07. The number of hydrogen-bond donors (Lipinski definition) is 1. The summed E-state index contributed by atoms with van der Waals surface area (Å²) < 4.78 is 5.01. The molecule has 1 aromatic rings. The van der Waals surface area contributed by atoms with Gasteiger partial charge >= 0.3 is 0 Å². The van der Waals surface area contributed by atoms with Gasteiger partial charge in [0.25, 0.3) is 0 Å². The number of hydrogen-bond acceptors (Lipinski definition) is 5. The van der Waals surface area contributed by atoms with E-state index < -0.39 is 0 Å². The van der Waals surface area contributed by atoms with Gasteiger partial charge in [0.1, 0.15) is 0 Å². The van der Waals surface area contributed by atoms with Gasteiger partial charge in [0.15, 0.2) is 5.13 Å². The van der Waals surface area contributed by atoms with Crippen LogP contribution in [-0.4, -0.2) is 37.8 Å². The lowest BCUT2D eigenvalue weighted by molar-refractivity contribution is 0.199. The normalized spacial score (nSPS) is 15.0. The SMILES string of the molecule is CCCN(c1nc(CNCCOC)cs1)C1CC1. The first-order valence-electron chi connectivity index (χ1n) is 6.75. The van der Waals surface area contributed by atoms with Gasteiger partial charge in [-0.25, -0.2) is 4.98 Å². The van der Waals surface area contributed by atoms with Crippen LogP contribution in [0, 0.1) is 0 Å². The molecule has 0 aliphatic heterocycles. The molecule has 5 heteroatoms. The second-order valence-corrected chi connectivity index (χ2v) is 5.55. The van der Waals surface area contributed by atoms with Gasteiger partial charge in [-0.1, -0.05) is 6.92 Å². The number of methoxy groups -OCH3 is 1. The molecule has 18 heavy (non-hydrogen) atoms. The van der Waals surface area contributed by atoms with Crippen molar-refractivity contribution in [3.8, 4) is 0 Å². The maximum absolute atomic E-state index is 5.01. The molecule has 0 aromatic carbocycles. The van der Waals surface area contributed by atoms with E-state index in [0.29, 0.717) is 0 Å². The summed E-state index contributed by atoms with van der Waals surface area (Å²) in [5.74, 6) is 0. The predicted octanol–water partition coefficient (Wildman–Crippen LogP) is 2.26. The molecule has 1 N–H and O–H groups in total. The fourth-order valence-corrected chi connectivity index (χ4v) is 2.88. The smallest absolute Gasteiger partial charge is 0.185 e. The van der Waals surface area contributed by atoms with Crippen molar-refractivity contribution >= 4 is 16.5 Å². The van der Waals surface area contributed by atoms with Crippen LogP contribution in [0.25, 0.3) is 0 Å². The van der Waals surface area contributed by atoms with E-state index in [1.165, 1.54) is 24.4 Å². The summed E-state index contributed by atoms with van der Waals surface area (Å²) in [4.78, 5) is 7.20. The average molecular weight is 269 g/mol. The van der Waals surface area contributed by atoms with Gasteiger partial charge in [-0.15, -0.1) is 11.3 Å². The van der Waals surface area contributed by atoms with Crippen LogP contribution in [0.15, 0.2) is 5.38 Å². The summed E-state index contributed by atoms with van der Waals surface area (Å²) >= 11 is 1.77. The monoisotopic (exact) mass is 269 g/mol. The first-order valence-corrected chi connectivity index (χ1v) is 7.63. The zero-order chi connectivity index (χ0) is 12.8. The summed E-state index contributed by atoms with van der Waals surface area (Å²) in [6, 6.07) is 0.755. The number of nitrogens with one attached hydrogen (secondary N) is 1. The Morgan fingerprint density at radius 1 is 1.56 bits per heavy atom. The summed E-state index contributed by atoms with van der Waals surface area (Å²) in [6.07, 6.45) is 3.86. The quantitative estimate of drug-likeness (QED) is 0.698. The topological polar surface area (TPSA) is 37.4 Å². The lowest BCUT2D eigenvalue weighted by atomic mass is 10.4. The van der Waals surface area contributed by atoms with Crippen LogP contribution in [-0.2, 0) is 11.3 Å². The van der Waals surface area contributed by atoms with Gasteiger partial charge < -0.3 is 15.0 Å². The third kappa shape index (κ3) is 3.93. The maximum Gasteiger partial charge on any atom is 0.185 e. The number of thiazole rings is 1. The maximum atomic E-state index is 5.01. The number of rotatable bonds is 9. The molecule has 1 fully saturated rings. The van der Waals surface area contributed by atoms with E-state index in [4.69, 9.17) is 9.72 Å². The van der Waals surface area contributed by atoms with Gasteiger partial charge in [0, 0.05) is 38.2 Å². The number of aromatic nitrogens is 1. The molecule has 0 atom stereocenters. The Labute approximate surface area is 113 Å². The van der Waals surface area contributed by atoms with E-state index in [9.17, 15) is 0 Å². The van der Waals surface area contributed by atoms with Gasteiger partial charge in [-0.2, -0.15) is 0 Å². The van der Waals surface area contributed by atoms with Gasteiger partial charge in [-0.3, -0.25) is 0 Å². The largest absolute Gasteiger partial charge is 0.383 e. The van der Waals surface area contributed by atoms with E-state index in [1.54, 1.807) is 18.4 Å². The van der Waals surface area contributed by atoms with Crippen LogP contribution >= 0.6 is 11.3 Å². The summed E-state index contributed by atoms with van der Waals surface area (Å²) in [7, 11) is 1.72. The van der Waals surface area contributed by atoms with Crippen LogP contribution in [0.2, 0.25) is 0 Å². The Bertz CT molecular complexity index is 352. The third-order valence-corrected chi connectivity index (χ3v) is 3.95. The molecule has 0 amide bonds. The van der Waals surface area contributed by atoms with E-state index >= 15 is 0 Å². The summed E-state index contributed by atoms with van der Waals surface area (Å²) in [5.41, 5.74) is 1.15. The molecule has 0 bridgehead atoms. The molecule has 1 aliphatic rings. The van der Waals surface area contributed by atoms with Crippen molar-refractivity contribution in [2.45, 2.75) is 38.8 Å². The molecule has 0 saturated heterocycles. The minimum absolute atomic E-state index is 0.751. The van der Waals surface area contributed by atoms with Crippen molar-refractivity contribution in [3.63, 3.8) is 0 Å². The van der Waals surface area contributed by atoms with Crippen LogP contribution in [0.5, 0.6) is 0 Å². The highest BCUT2D eigenvalue weighted by Crippen LogP contribution is 2.33. The van der Waals surface area contributed by atoms with E-state index in [2.05, 4.69) is 22.5 Å². The van der Waals surface area contributed by atoms with Crippen molar-refractivity contribution in [1.82, 2.24) is 10.3 Å². The highest BCUT2D eigenvalue weighted by Gasteiger charge is 2.30. The fourth-order valence-electron chi connectivity index (χ4n) is 1.96. The predicted molar refractivity (Wildman–Crippen MR) is 76.4 cm³/mol. The first kappa shape index (κ1) is 13.8. The molecule has 4 nitrogen and oxygen atoms in total. The Hall–Kier alpha value is -0.650. The molecule has 0 unspecified atom stereocenters. The van der Waals surface area contributed by atoms with Crippen LogP contribution < -0.4 is 10.2 Å². The summed E-state index contributed by atoms with van der Waals surface area (Å²) in [6.45, 7) is 5.83. The van der Waals surface area contributed by atoms with Crippen LogP contribution in [0.3, 0.4) is 0 Å². The number of ether oxygens (including phenoxy) is 1. The Morgan fingerprint density at radius 3 is 3.06 bits per heavy atom. The van der Waals surface area contributed by atoms with Crippen molar-refractivity contribution < 1.29 is 4.74 Å². The highest BCUT2D eigenvalue weighted by atomic mass is 32.1. The zero-order valence-corrected chi connectivity index (χ0v) is 12.1. The van der Waals surface area contributed by atoms with Crippen LogP contribution in [0.4, 0.5) is 5.13 Å². The third-order valence-electron chi connectivity index (χ3n) is 3.03. The number of anilines is 1. The van der Waals surface area contributed by atoms with Crippen molar-refractivity contribution in [2.24, 2.45) is 0 Å². The minimum Gasteiger partial charge on any atom is -0.383 e.